The van der Waals surface area contributed by atoms with Gasteiger partial charge in [0.05, 0.1) is 19.7 Å². The van der Waals surface area contributed by atoms with Crippen molar-refractivity contribution in [1.29, 1.82) is 0 Å². The van der Waals surface area contributed by atoms with Crippen molar-refractivity contribution in [2.45, 2.75) is 19.4 Å². The Kier molecular flexibility index (Phi) is 4.98. The highest BCUT2D eigenvalue weighted by atomic mass is 35.5. The molecule has 29 heavy (non-hydrogen) atoms. The van der Waals surface area contributed by atoms with Crippen LogP contribution in [-0.4, -0.2) is 28.7 Å². The molecule has 0 saturated heterocycles. The normalized spacial score (nSPS) is 15.0. The largest absolute Gasteiger partial charge is 0.497 e. The summed E-state index contributed by atoms with van der Waals surface area (Å²) in [4.78, 5) is 25.1. The fourth-order valence-corrected chi connectivity index (χ4v) is 3.51. The first-order valence-corrected chi connectivity index (χ1v) is 9.43. The Labute approximate surface area is 172 Å². The second kappa shape index (κ2) is 7.60. The van der Waals surface area contributed by atoms with E-state index in [1.165, 1.54) is 0 Å². The predicted octanol–water partition coefficient (Wildman–Crippen LogP) is 4.04. The molecule has 2 heterocycles. The van der Waals surface area contributed by atoms with Crippen molar-refractivity contribution >= 4 is 34.9 Å². The highest BCUT2D eigenvalue weighted by Crippen LogP contribution is 2.36. The molecule has 1 aliphatic rings. The van der Waals surface area contributed by atoms with Crippen molar-refractivity contribution in [2.75, 3.05) is 17.7 Å². The van der Waals surface area contributed by atoms with E-state index in [-0.39, 0.29) is 18.2 Å². The molecule has 8 heteroatoms. The van der Waals surface area contributed by atoms with Crippen molar-refractivity contribution in [3.05, 3.63) is 59.2 Å². The van der Waals surface area contributed by atoms with Gasteiger partial charge in [-0.25, -0.2) is 4.68 Å². The van der Waals surface area contributed by atoms with Gasteiger partial charge in [-0.05, 0) is 42.3 Å². The van der Waals surface area contributed by atoms with Gasteiger partial charge in [0.2, 0.25) is 5.91 Å². The number of hydrogen-bond donors (Lipinski definition) is 2. The van der Waals surface area contributed by atoms with Gasteiger partial charge in [-0.3, -0.25) is 9.59 Å². The lowest BCUT2D eigenvalue weighted by Crippen LogP contribution is -2.23. The maximum absolute atomic E-state index is 12.6. The summed E-state index contributed by atoms with van der Waals surface area (Å²) in [5.41, 5.74) is 3.04. The zero-order valence-corrected chi connectivity index (χ0v) is 16.7. The number of hydrogen-bond acceptors (Lipinski definition) is 4. The van der Waals surface area contributed by atoms with E-state index < -0.39 is 6.04 Å². The lowest BCUT2D eigenvalue weighted by Gasteiger charge is -2.12. The van der Waals surface area contributed by atoms with E-state index in [1.54, 1.807) is 36.2 Å². The van der Waals surface area contributed by atoms with E-state index in [0.717, 1.165) is 16.7 Å². The van der Waals surface area contributed by atoms with Gasteiger partial charge in [0.25, 0.3) is 5.91 Å². The van der Waals surface area contributed by atoms with Crippen LogP contribution in [0, 0.1) is 6.92 Å². The first-order chi connectivity index (χ1) is 14.0. The second-order valence-corrected chi connectivity index (χ2v) is 7.16. The maximum Gasteiger partial charge on any atom is 0.251 e. The molecule has 1 atom stereocenters. The SMILES string of the molecule is COc1cccc(-c2cnn3c2NC(=O)C3CC(=O)Nc2cccc(Cl)c2C)c1. The summed E-state index contributed by atoms with van der Waals surface area (Å²) in [7, 11) is 1.60. The highest BCUT2D eigenvalue weighted by molar-refractivity contribution is 6.31. The van der Waals surface area contributed by atoms with Crippen LogP contribution in [0.1, 0.15) is 18.0 Å². The van der Waals surface area contributed by atoms with Crippen molar-refractivity contribution in [3.63, 3.8) is 0 Å². The highest BCUT2D eigenvalue weighted by Gasteiger charge is 2.35. The number of fused-ring (bicyclic) bond motifs is 1. The van der Waals surface area contributed by atoms with E-state index in [1.807, 2.05) is 31.2 Å². The van der Waals surface area contributed by atoms with Crippen LogP contribution in [-0.2, 0) is 9.59 Å². The molecule has 4 rings (SSSR count). The number of carbonyl (C=O) groups is 2. The van der Waals surface area contributed by atoms with Crippen molar-refractivity contribution in [1.82, 2.24) is 9.78 Å². The zero-order valence-electron chi connectivity index (χ0n) is 15.9. The number of carbonyl (C=O) groups excluding carboxylic acids is 2. The summed E-state index contributed by atoms with van der Waals surface area (Å²) in [5.74, 6) is 0.719. The maximum atomic E-state index is 12.6. The molecule has 0 aliphatic carbocycles. The van der Waals surface area contributed by atoms with Crippen LogP contribution < -0.4 is 15.4 Å². The number of rotatable bonds is 5. The van der Waals surface area contributed by atoms with Gasteiger partial charge >= 0.3 is 0 Å². The first-order valence-electron chi connectivity index (χ1n) is 9.05. The summed E-state index contributed by atoms with van der Waals surface area (Å²) >= 11 is 6.10. The summed E-state index contributed by atoms with van der Waals surface area (Å²) < 4.78 is 6.82. The van der Waals surface area contributed by atoms with Crippen LogP contribution in [0.15, 0.2) is 48.7 Å². The summed E-state index contributed by atoms with van der Waals surface area (Å²) in [6.45, 7) is 1.83. The number of benzene rings is 2. The van der Waals surface area contributed by atoms with Gasteiger partial charge in [-0.1, -0.05) is 29.8 Å². The Hall–Kier alpha value is -3.32. The molecule has 1 aliphatic heterocycles. The molecule has 3 aromatic rings. The third-order valence-electron chi connectivity index (χ3n) is 4.94. The molecule has 1 aromatic heterocycles. The number of methoxy groups -OCH3 is 1. The summed E-state index contributed by atoms with van der Waals surface area (Å²) in [6, 6.07) is 12.1. The van der Waals surface area contributed by atoms with Gasteiger partial charge < -0.3 is 15.4 Å². The van der Waals surface area contributed by atoms with Gasteiger partial charge in [-0.2, -0.15) is 5.10 Å². The molecule has 0 spiro atoms. The Morgan fingerprint density at radius 2 is 2.10 bits per heavy atom. The predicted molar refractivity (Wildman–Crippen MR) is 111 cm³/mol. The molecule has 0 radical (unpaired) electrons. The van der Waals surface area contributed by atoms with Crippen LogP contribution >= 0.6 is 11.6 Å². The molecule has 2 N–H and O–H groups in total. The third-order valence-corrected chi connectivity index (χ3v) is 5.35. The lowest BCUT2D eigenvalue weighted by molar-refractivity contribution is -0.123. The van der Waals surface area contributed by atoms with Crippen molar-refractivity contribution in [2.24, 2.45) is 0 Å². The smallest absolute Gasteiger partial charge is 0.251 e. The first kappa shape index (κ1) is 19.0. The average molecular weight is 411 g/mol. The quantitative estimate of drug-likeness (QED) is 0.664. The van der Waals surface area contributed by atoms with Gasteiger partial charge in [0.15, 0.2) is 0 Å². The Bertz CT molecular complexity index is 1110. The third kappa shape index (κ3) is 3.56. The molecule has 2 aromatic carbocycles. The molecule has 7 nitrogen and oxygen atoms in total. The number of aromatic nitrogens is 2. The van der Waals surface area contributed by atoms with Gasteiger partial charge in [-0.15, -0.1) is 0 Å². The standard InChI is InChI=1S/C21H19ClN4O3/c1-12-16(22)7-4-8-17(12)24-19(27)10-18-21(28)25-20-15(11-23-26(18)20)13-5-3-6-14(9-13)29-2/h3-9,11,18H,10H2,1-2H3,(H,24,27)(H,25,28). The lowest BCUT2D eigenvalue weighted by atomic mass is 10.1. The number of anilines is 2. The molecule has 2 amide bonds. The second-order valence-electron chi connectivity index (χ2n) is 6.75. The topological polar surface area (TPSA) is 85.2 Å². The molecule has 1 unspecified atom stereocenters. The van der Waals surface area contributed by atoms with Crippen LogP contribution in [0.3, 0.4) is 0 Å². The number of halogens is 1. The Balaban J connectivity index is 1.55. The minimum absolute atomic E-state index is 0.0377. The fraction of sp³-hybridized carbons (Fsp3) is 0.190. The molecule has 0 bridgehead atoms. The minimum atomic E-state index is -0.719. The fourth-order valence-electron chi connectivity index (χ4n) is 3.33. The molecule has 148 valence electrons. The summed E-state index contributed by atoms with van der Waals surface area (Å²) in [6.07, 6.45) is 1.64. The summed E-state index contributed by atoms with van der Waals surface area (Å²) in [5, 5.41) is 10.6. The van der Waals surface area contributed by atoms with Gasteiger partial charge in [0.1, 0.15) is 17.6 Å². The Morgan fingerprint density at radius 1 is 1.31 bits per heavy atom. The zero-order chi connectivity index (χ0) is 20.5. The van der Waals surface area contributed by atoms with E-state index in [9.17, 15) is 9.59 Å². The van der Waals surface area contributed by atoms with Crippen LogP contribution in [0.25, 0.3) is 11.1 Å². The van der Waals surface area contributed by atoms with Gasteiger partial charge in [0, 0.05) is 16.3 Å². The van der Waals surface area contributed by atoms with E-state index >= 15 is 0 Å². The number of amides is 2. The monoisotopic (exact) mass is 410 g/mol. The van der Waals surface area contributed by atoms with E-state index in [2.05, 4.69) is 15.7 Å². The number of ether oxygens (including phenoxy) is 1. The number of nitrogens with zero attached hydrogens (tertiary/aromatic N) is 2. The van der Waals surface area contributed by atoms with Crippen LogP contribution in [0.4, 0.5) is 11.5 Å². The van der Waals surface area contributed by atoms with Crippen LogP contribution in [0.5, 0.6) is 5.75 Å². The van der Waals surface area contributed by atoms with Crippen molar-refractivity contribution in [3.8, 4) is 16.9 Å². The average Bonchev–Trinajstić information content (AvgIpc) is 3.25. The van der Waals surface area contributed by atoms with Crippen LogP contribution in [0.2, 0.25) is 5.02 Å². The van der Waals surface area contributed by atoms with Crippen molar-refractivity contribution < 1.29 is 14.3 Å². The molecule has 0 fully saturated rings. The minimum Gasteiger partial charge on any atom is -0.497 e. The molecule has 0 saturated carbocycles. The van der Waals surface area contributed by atoms with E-state index in [0.29, 0.717) is 22.3 Å². The molecular weight excluding hydrogens is 392 g/mol. The number of nitrogens with one attached hydrogen (secondary N) is 2. The van der Waals surface area contributed by atoms with E-state index in [4.69, 9.17) is 16.3 Å². The Morgan fingerprint density at radius 3 is 2.90 bits per heavy atom. The molecular formula is C21H19ClN4O3.